The van der Waals surface area contributed by atoms with Crippen LogP contribution < -0.4 is 5.32 Å². The Bertz CT molecular complexity index is 307. The van der Waals surface area contributed by atoms with Gasteiger partial charge >= 0.3 is 0 Å². The van der Waals surface area contributed by atoms with Crippen LogP contribution in [0, 0.1) is 0 Å². The van der Waals surface area contributed by atoms with Crippen LogP contribution in [0.4, 0.5) is 0 Å². The normalized spacial score (nSPS) is 12.2. The molecule has 1 N–H and O–H groups in total. The maximum absolute atomic E-state index is 11.7. The minimum Gasteiger partial charge on any atom is -0.375 e. The quantitative estimate of drug-likeness (QED) is 0.349. The number of thiol groups is 1. The number of hydrogen-bond acceptors (Lipinski definition) is 5. The Hall–Kier alpha value is -0.200. The van der Waals surface area contributed by atoms with E-state index in [2.05, 4.69) is 17.0 Å². The number of rotatable bonds is 11. The van der Waals surface area contributed by atoms with Gasteiger partial charge in [0.2, 0.25) is 5.91 Å². The molecule has 6 heteroatoms. The smallest absolute Gasteiger partial charge is 0.221 e. The van der Waals surface area contributed by atoms with Crippen LogP contribution in [-0.4, -0.2) is 35.7 Å². The minimum absolute atomic E-state index is 0.0387. The molecule has 0 fully saturated rings. The molecule has 0 saturated heterocycles. The van der Waals surface area contributed by atoms with Gasteiger partial charge in [0, 0.05) is 30.7 Å². The van der Waals surface area contributed by atoms with E-state index in [0.717, 1.165) is 12.7 Å². The van der Waals surface area contributed by atoms with Crippen molar-refractivity contribution in [2.24, 2.45) is 0 Å². The van der Waals surface area contributed by atoms with Gasteiger partial charge in [0.25, 0.3) is 0 Å². The second-order valence-electron chi connectivity index (χ2n) is 6.08. The van der Waals surface area contributed by atoms with Gasteiger partial charge in [0.15, 0.2) is 0 Å². The first-order chi connectivity index (χ1) is 9.22. The molecule has 0 saturated carbocycles. The zero-order valence-corrected chi connectivity index (χ0v) is 14.6. The lowest BCUT2D eigenvalue weighted by Crippen LogP contribution is -2.44. The maximum Gasteiger partial charge on any atom is 0.221 e. The maximum atomic E-state index is 11.7. The summed E-state index contributed by atoms with van der Waals surface area (Å²) < 4.78 is 5.80. The van der Waals surface area contributed by atoms with E-state index < -0.39 is 0 Å². The molecular weight excluding hydrogens is 294 g/mol. The third-order valence-electron chi connectivity index (χ3n) is 2.98. The summed E-state index contributed by atoms with van der Waals surface area (Å²) >= 11 is 4.01. The lowest BCUT2D eigenvalue weighted by Gasteiger charge is -2.30. The predicted molar refractivity (Wildman–Crippen MR) is 88.2 cm³/mol. The van der Waals surface area contributed by atoms with Crippen LogP contribution in [0.2, 0.25) is 0 Å². The van der Waals surface area contributed by atoms with Gasteiger partial charge < -0.3 is 14.8 Å². The zero-order chi connectivity index (χ0) is 15.6. The van der Waals surface area contributed by atoms with Gasteiger partial charge in [-0.15, -0.1) is 11.7 Å². The molecule has 0 atom stereocenters. The van der Waals surface area contributed by atoms with E-state index in [1.54, 1.807) is 0 Å². The number of ether oxygens (including phenoxy) is 1. The van der Waals surface area contributed by atoms with E-state index in [0.29, 0.717) is 31.6 Å². The summed E-state index contributed by atoms with van der Waals surface area (Å²) in [7, 11) is 1.37. The van der Waals surface area contributed by atoms with Crippen molar-refractivity contribution in [1.29, 1.82) is 0 Å². The highest BCUT2D eigenvalue weighted by atomic mass is 33.1. The number of hydrogen-bond donors (Lipinski definition) is 2. The highest BCUT2D eigenvalue weighted by molar-refractivity contribution is 8.68. The van der Waals surface area contributed by atoms with Crippen LogP contribution in [0.15, 0.2) is 0 Å². The Morgan fingerprint density at radius 1 is 1.30 bits per heavy atom. The van der Waals surface area contributed by atoms with E-state index in [1.165, 1.54) is 10.8 Å². The molecule has 0 aliphatic rings. The summed E-state index contributed by atoms with van der Waals surface area (Å²) in [5.41, 5.74) is -0.594. The molecule has 0 aliphatic carbocycles. The fourth-order valence-electron chi connectivity index (χ4n) is 1.70. The van der Waals surface area contributed by atoms with Gasteiger partial charge in [0.1, 0.15) is 6.29 Å². The summed E-state index contributed by atoms with van der Waals surface area (Å²) in [6.07, 6.45) is 3.34. The second kappa shape index (κ2) is 9.68. The fraction of sp³-hybridized carbons (Fsp3) is 0.857. The number of carbonyl (C=O) groups excluding carboxylic acids is 2. The van der Waals surface area contributed by atoms with Gasteiger partial charge in [-0.2, -0.15) is 0 Å². The number of nitrogens with one attached hydrogen (secondary N) is 1. The molecule has 118 valence electrons. The first-order valence-electron chi connectivity index (χ1n) is 6.87. The van der Waals surface area contributed by atoms with E-state index in [1.807, 2.05) is 27.7 Å². The van der Waals surface area contributed by atoms with Gasteiger partial charge in [0.05, 0.1) is 5.60 Å². The number of aldehydes is 1. The molecule has 0 aromatic rings. The Balaban J connectivity index is 4.02. The predicted octanol–water partition coefficient (Wildman–Crippen LogP) is 3.01. The molecule has 1 amide bonds. The Labute approximate surface area is 131 Å². The monoisotopic (exact) mass is 321 g/mol. The molecule has 0 aromatic carbocycles. The minimum atomic E-state index is -0.302. The first-order valence-corrected chi connectivity index (χ1v) is 8.91. The van der Waals surface area contributed by atoms with Gasteiger partial charge in [-0.05, 0) is 40.5 Å². The van der Waals surface area contributed by atoms with Crippen molar-refractivity contribution in [3.63, 3.8) is 0 Å². The lowest BCUT2D eigenvalue weighted by molar-refractivity contribution is -0.122. The summed E-state index contributed by atoms with van der Waals surface area (Å²) in [5, 5.41) is 3.00. The van der Waals surface area contributed by atoms with Gasteiger partial charge in [-0.3, -0.25) is 4.79 Å². The van der Waals surface area contributed by atoms with Crippen molar-refractivity contribution < 1.29 is 14.3 Å². The fourth-order valence-corrected chi connectivity index (χ4v) is 2.25. The first kappa shape index (κ1) is 19.8. The SMILES string of the molecule is CC(C)(CCOC(C)(C)CCC=O)NC(=O)CCSS. The lowest BCUT2D eigenvalue weighted by atomic mass is 10.00. The molecular formula is C14H27NO3S2. The largest absolute Gasteiger partial charge is 0.375 e. The highest BCUT2D eigenvalue weighted by Crippen LogP contribution is 2.18. The molecule has 0 rings (SSSR count). The third-order valence-corrected chi connectivity index (χ3v) is 3.92. The average molecular weight is 322 g/mol. The topological polar surface area (TPSA) is 55.4 Å². The van der Waals surface area contributed by atoms with Crippen molar-refractivity contribution in [3.05, 3.63) is 0 Å². The molecule has 0 aromatic heterocycles. The highest BCUT2D eigenvalue weighted by Gasteiger charge is 2.23. The molecule has 0 spiro atoms. The van der Waals surface area contributed by atoms with E-state index >= 15 is 0 Å². The Kier molecular flexibility index (Phi) is 9.59. The number of amides is 1. The van der Waals surface area contributed by atoms with Crippen molar-refractivity contribution in [3.8, 4) is 0 Å². The van der Waals surface area contributed by atoms with Crippen molar-refractivity contribution in [2.45, 2.75) is 64.5 Å². The van der Waals surface area contributed by atoms with Crippen LogP contribution in [0.25, 0.3) is 0 Å². The zero-order valence-electron chi connectivity index (χ0n) is 12.9. The third kappa shape index (κ3) is 10.6. The molecule has 0 bridgehead atoms. The van der Waals surface area contributed by atoms with Crippen LogP contribution in [0.1, 0.15) is 53.4 Å². The van der Waals surface area contributed by atoms with Crippen LogP contribution in [-0.2, 0) is 14.3 Å². The van der Waals surface area contributed by atoms with Crippen LogP contribution >= 0.6 is 22.5 Å². The van der Waals surface area contributed by atoms with Crippen LogP contribution in [0.5, 0.6) is 0 Å². The second-order valence-corrected chi connectivity index (χ2v) is 7.52. The van der Waals surface area contributed by atoms with Crippen molar-refractivity contribution in [1.82, 2.24) is 5.32 Å². The Morgan fingerprint density at radius 3 is 2.50 bits per heavy atom. The molecule has 0 radical (unpaired) electrons. The molecule has 0 unspecified atom stereocenters. The van der Waals surface area contributed by atoms with E-state index in [-0.39, 0.29) is 17.0 Å². The summed E-state index contributed by atoms with van der Waals surface area (Å²) in [4.78, 5) is 22.1. The van der Waals surface area contributed by atoms with Gasteiger partial charge in [-0.1, -0.05) is 10.8 Å². The molecule has 20 heavy (non-hydrogen) atoms. The van der Waals surface area contributed by atoms with E-state index in [9.17, 15) is 9.59 Å². The van der Waals surface area contributed by atoms with Crippen LogP contribution in [0.3, 0.4) is 0 Å². The van der Waals surface area contributed by atoms with Crippen molar-refractivity contribution >= 4 is 34.6 Å². The van der Waals surface area contributed by atoms with Gasteiger partial charge in [-0.25, -0.2) is 0 Å². The number of carbonyl (C=O) groups is 2. The average Bonchev–Trinajstić information content (AvgIpc) is 2.32. The van der Waals surface area contributed by atoms with E-state index in [4.69, 9.17) is 4.74 Å². The summed E-state index contributed by atoms with van der Waals surface area (Å²) in [6, 6.07) is 0. The summed E-state index contributed by atoms with van der Waals surface area (Å²) in [6.45, 7) is 8.49. The Morgan fingerprint density at radius 2 is 1.95 bits per heavy atom. The standard InChI is InChI=1S/C14H27NO3S2/c1-13(2,15-12(17)6-11-20-19)8-10-18-14(3,4)7-5-9-16/h9,19H,5-8,10-11H2,1-4H3,(H,15,17). The molecule has 4 nitrogen and oxygen atoms in total. The van der Waals surface area contributed by atoms with Crippen molar-refractivity contribution in [2.75, 3.05) is 12.4 Å². The summed E-state index contributed by atoms with van der Waals surface area (Å²) in [5.74, 6) is 0.747. The molecule has 0 aliphatic heterocycles. The molecule has 0 heterocycles.